The normalized spacial score (nSPS) is 19.5. The molecular formula is C21H31N3O4. The van der Waals surface area contributed by atoms with Crippen LogP contribution in [0.25, 0.3) is 11.1 Å². The number of rotatable bonds is 9. The van der Waals surface area contributed by atoms with Crippen LogP contribution >= 0.6 is 0 Å². The van der Waals surface area contributed by atoms with Crippen LogP contribution in [0.2, 0.25) is 0 Å². The Morgan fingerprint density at radius 1 is 1.21 bits per heavy atom. The first-order valence-corrected chi connectivity index (χ1v) is 9.78. The number of fused-ring (bicyclic) bond motifs is 1. The number of benzene rings is 1. The maximum atomic E-state index is 11.0. The predicted octanol–water partition coefficient (Wildman–Crippen LogP) is 2.77. The van der Waals surface area contributed by atoms with Crippen LogP contribution in [-0.2, 0) is 14.3 Å². The molecule has 2 unspecified atom stereocenters. The summed E-state index contributed by atoms with van der Waals surface area (Å²) >= 11 is 0. The number of primary amides is 1. The van der Waals surface area contributed by atoms with Gasteiger partial charge in [0.1, 0.15) is 0 Å². The first-order chi connectivity index (χ1) is 13.6. The number of hydrogen-bond donors (Lipinski definition) is 3. The van der Waals surface area contributed by atoms with Crippen LogP contribution in [-0.4, -0.2) is 38.9 Å². The number of urea groups is 1. The second-order valence-corrected chi connectivity index (χ2v) is 7.01. The summed E-state index contributed by atoms with van der Waals surface area (Å²) in [7, 11) is 1.41. The van der Waals surface area contributed by atoms with Gasteiger partial charge in [0.15, 0.2) is 0 Å². The zero-order valence-corrected chi connectivity index (χ0v) is 16.5. The minimum absolute atomic E-state index is 0.165. The Morgan fingerprint density at radius 2 is 1.93 bits per heavy atom. The molecule has 2 aliphatic carbocycles. The minimum Gasteiger partial charge on any atom is -0.469 e. The Kier molecular flexibility index (Phi) is 9.51. The zero-order valence-electron chi connectivity index (χ0n) is 16.5. The highest BCUT2D eigenvalue weighted by atomic mass is 16.5. The van der Waals surface area contributed by atoms with Gasteiger partial charge in [0.25, 0.3) is 0 Å². The molecule has 1 heterocycles. The van der Waals surface area contributed by atoms with E-state index < -0.39 is 6.03 Å². The van der Waals surface area contributed by atoms with Crippen molar-refractivity contribution in [2.24, 2.45) is 17.6 Å². The molecule has 3 aliphatic rings. The number of carbonyl (C=O) groups is 2. The number of carbonyl (C=O) groups excluding carboxylic acids is 2. The van der Waals surface area contributed by atoms with Gasteiger partial charge in [-0.1, -0.05) is 36.4 Å². The van der Waals surface area contributed by atoms with Gasteiger partial charge in [0.05, 0.1) is 7.11 Å². The van der Waals surface area contributed by atoms with Crippen LogP contribution in [0.4, 0.5) is 4.79 Å². The summed E-state index contributed by atoms with van der Waals surface area (Å²) in [6, 6.07) is 7.91. The van der Waals surface area contributed by atoms with E-state index in [9.17, 15) is 9.59 Å². The number of amides is 2. The molecule has 0 aromatic heterocycles. The van der Waals surface area contributed by atoms with Gasteiger partial charge in [-0.2, -0.15) is 0 Å². The van der Waals surface area contributed by atoms with Gasteiger partial charge in [0.2, 0.25) is 0 Å². The van der Waals surface area contributed by atoms with E-state index in [0.717, 1.165) is 38.9 Å². The van der Waals surface area contributed by atoms with E-state index in [1.165, 1.54) is 18.2 Å². The average molecular weight is 389 g/mol. The molecule has 0 saturated carbocycles. The lowest BCUT2D eigenvalue weighted by Gasteiger charge is -2.31. The maximum absolute atomic E-state index is 11.0. The van der Waals surface area contributed by atoms with E-state index in [-0.39, 0.29) is 5.97 Å². The Labute approximate surface area is 166 Å². The highest BCUT2D eigenvalue weighted by Gasteiger charge is 2.24. The fourth-order valence-electron chi connectivity index (χ4n) is 3.16. The van der Waals surface area contributed by atoms with Gasteiger partial charge in [0, 0.05) is 26.2 Å². The number of hydrogen-bond acceptors (Lipinski definition) is 5. The lowest BCUT2D eigenvalue weighted by molar-refractivity contribution is -0.140. The van der Waals surface area contributed by atoms with Crippen molar-refractivity contribution in [3.05, 3.63) is 36.4 Å². The summed E-state index contributed by atoms with van der Waals surface area (Å²) < 4.78 is 10.1. The molecule has 0 bridgehead atoms. The quantitative estimate of drug-likeness (QED) is 0.265. The van der Waals surface area contributed by atoms with Crippen molar-refractivity contribution in [3.63, 3.8) is 0 Å². The molecule has 0 radical (unpaired) electrons. The molecule has 4 N–H and O–H groups in total. The molecule has 1 fully saturated rings. The standard InChI is InChI=1S/C15H27N3O4.C6H4/c1-21-14(19)7-5-3-2-4-6-13-11-22-9-8-12(13)10-17-18-15(16)20;1-2-6-4-3-5(1)6/h2,4,12-13,17H,3,5-11H2,1H3,(H3,16,18,20);1-4H. The largest absolute Gasteiger partial charge is 0.469 e. The SMILES string of the molecule is COC(=O)CCCC=CCC1COCCC1CNNC(N)=O.c1cc2ccc1-2. The van der Waals surface area contributed by atoms with Crippen LogP contribution in [0.3, 0.4) is 0 Å². The third-order valence-corrected chi connectivity index (χ3v) is 5.01. The van der Waals surface area contributed by atoms with Gasteiger partial charge in [-0.15, -0.1) is 0 Å². The summed E-state index contributed by atoms with van der Waals surface area (Å²) in [4.78, 5) is 21.6. The molecular weight excluding hydrogens is 358 g/mol. The van der Waals surface area contributed by atoms with Gasteiger partial charge < -0.3 is 15.2 Å². The van der Waals surface area contributed by atoms with Crippen LogP contribution in [0.5, 0.6) is 0 Å². The lowest BCUT2D eigenvalue weighted by Crippen LogP contribution is -2.45. The van der Waals surface area contributed by atoms with Crippen LogP contribution in [0.15, 0.2) is 36.4 Å². The van der Waals surface area contributed by atoms with Crippen molar-refractivity contribution < 1.29 is 19.1 Å². The summed E-state index contributed by atoms with van der Waals surface area (Å²) in [5.41, 5.74) is 13.1. The van der Waals surface area contributed by atoms with E-state index >= 15 is 0 Å². The third-order valence-electron chi connectivity index (χ3n) is 5.01. The Balaban J connectivity index is 0.000000385. The second-order valence-electron chi connectivity index (χ2n) is 7.01. The molecule has 1 aliphatic heterocycles. The highest BCUT2D eigenvalue weighted by Crippen LogP contribution is 2.29. The second kappa shape index (κ2) is 12.2. The fraction of sp³-hybridized carbons (Fsp3) is 0.524. The van der Waals surface area contributed by atoms with E-state index in [1.54, 1.807) is 0 Å². The molecule has 2 amide bonds. The number of allylic oxidation sites excluding steroid dienone is 2. The average Bonchev–Trinajstić information content (AvgIpc) is 2.68. The van der Waals surface area contributed by atoms with Crippen molar-refractivity contribution in [1.82, 2.24) is 10.9 Å². The van der Waals surface area contributed by atoms with Crippen molar-refractivity contribution >= 4 is 12.0 Å². The van der Waals surface area contributed by atoms with Gasteiger partial charge in [-0.3, -0.25) is 10.2 Å². The Morgan fingerprint density at radius 3 is 2.50 bits per heavy atom. The third kappa shape index (κ3) is 7.70. The molecule has 7 nitrogen and oxygen atoms in total. The van der Waals surface area contributed by atoms with Gasteiger partial charge in [-0.05, 0) is 48.6 Å². The van der Waals surface area contributed by atoms with E-state index in [0.29, 0.717) is 24.8 Å². The van der Waals surface area contributed by atoms with Crippen LogP contribution < -0.4 is 16.6 Å². The van der Waals surface area contributed by atoms with Gasteiger partial charge >= 0.3 is 12.0 Å². The predicted molar refractivity (Wildman–Crippen MR) is 108 cm³/mol. The van der Waals surface area contributed by atoms with Gasteiger partial charge in [-0.25, -0.2) is 10.2 Å². The van der Waals surface area contributed by atoms with Crippen LogP contribution in [0, 0.1) is 11.8 Å². The number of esters is 1. The molecule has 0 aromatic carbocycles. The number of nitrogens with one attached hydrogen (secondary N) is 2. The number of methoxy groups -OCH3 is 1. The highest BCUT2D eigenvalue weighted by molar-refractivity contribution is 5.75. The van der Waals surface area contributed by atoms with Crippen LogP contribution in [0.1, 0.15) is 32.1 Å². The molecule has 28 heavy (non-hydrogen) atoms. The van der Waals surface area contributed by atoms with Crippen molar-refractivity contribution in [1.29, 1.82) is 0 Å². The zero-order chi connectivity index (χ0) is 20.2. The first kappa shape index (κ1) is 21.9. The van der Waals surface area contributed by atoms with E-state index in [4.69, 9.17) is 10.5 Å². The number of nitrogens with two attached hydrogens (primary N) is 1. The first-order valence-electron chi connectivity index (χ1n) is 9.78. The summed E-state index contributed by atoms with van der Waals surface area (Å²) in [5.74, 6) is 0.704. The number of hydrazine groups is 1. The number of ether oxygens (including phenoxy) is 2. The summed E-state index contributed by atoms with van der Waals surface area (Å²) in [6.07, 6.45) is 8.27. The van der Waals surface area contributed by atoms with E-state index in [2.05, 4.69) is 52.0 Å². The molecule has 3 rings (SSSR count). The topological polar surface area (TPSA) is 103 Å². The van der Waals surface area contributed by atoms with Crippen molar-refractivity contribution in [3.8, 4) is 11.1 Å². The molecule has 2 atom stereocenters. The molecule has 0 aromatic rings. The maximum Gasteiger partial charge on any atom is 0.326 e. The molecule has 154 valence electrons. The monoisotopic (exact) mass is 389 g/mol. The molecule has 1 saturated heterocycles. The summed E-state index contributed by atoms with van der Waals surface area (Å²) in [6.45, 7) is 2.17. The van der Waals surface area contributed by atoms with Crippen molar-refractivity contribution in [2.45, 2.75) is 32.1 Å². The Hall–Kier alpha value is -2.38. The Bertz CT molecular complexity index is 625. The molecule has 7 heteroatoms. The number of unbranched alkanes of at least 4 members (excludes halogenated alkanes) is 1. The minimum atomic E-state index is -0.575. The fourth-order valence-corrected chi connectivity index (χ4v) is 3.16. The smallest absolute Gasteiger partial charge is 0.326 e. The molecule has 0 spiro atoms. The lowest BCUT2D eigenvalue weighted by atomic mass is 9.86. The van der Waals surface area contributed by atoms with Crippen molar-refractivity contribution in [2.75, 3.05) is 26.9 Å². The summed E-state index contributed by atoms with van der Waals surface area (Å²) in [5, 5.41) is 0. The van der Waals surface area contributed by atoms with E-state index in [1.807, 2.05) is 0 Å².